The molecule has 0 spiro atoms. The number of carbonyl (C=O) groups excluding carboxylic acids is 1. The maximum absolute atomic E-state index is 12.9. The van der Waals surface area contributed by atoms with Gasteiger partial charge in [0.05, 0.1) is 5.02 Å². The monoisotopic (exact) mass is 367 g/mol. The highest BCUT2D eigenvalue weighted by molar-refractivity contribution is 6.32. The molecule has 0 aliphatic heterocycles. The summed E-state index contributed by atoms with van der Waals surface area (Å²) in [5.74, 6) is 0.647. The minimum Gasteiger partial charge on any atom is -0.456 e. The first-order valence-corrected chi connectivity index (χ1v) is 8.25. The van der Waals surface area contributed by atoms with Crippen molar-refractivity contribution in [3.8, 4) is 11.5 Å². The number of hydrogen-bond donors (Lipinski definition) is 1. The summed E-state index contributed by atoms with van der Waals surface area (Å²) in [6.45, 7) is 0. The quantitative estimate of drug-likeness (QED) is 0.424. The average Bonchev–Trinajstić information content (AvgIpc) is 2.65. The normalized spacial score (nSPS) is 10.7. The lowest BCUT2D eigenvalue weighted by atomic mass is 10.1. The first kappa shape index (κ1) is 17.7. The molecule has 0 heterocycles. The zero-order valence-corrected chi connectivity index (χ0v) is 14.4. The highest BCUT2D eigenvalue weighted by Crippen LogP contribution is 2.29. The van der Waals surface area contributed by atoms with Crippen molar-refractivity contribution in [3.63, 3.8) is 0 Å². The molecule has 130 valence electrons. The van der Waals surface area contributed by atoms with E-state index in [1.54, 1.807) is 24.3 Å². The van der Waals surface area contributed by atoms with Crippen LogP contribution < -0.4 is 10.1 Å². The molecule has 0 saturated heterocycles. The van der Waals surface area contributed by atoms with Crippen LogP contribution in [0.4, 0.5) is 10.1 Å². The molecule has 0 saturated carbocycles. The SMILES string of the molecule is O=C(/C=C/Nc1ccc(Oc2ccccc2Cl)cc1)c1ccc(F)cc1. The van der Waals surface area contributed by atoms with Crippen molar-refractivity contribution in [2.45, 2.75) is 0 Å². The minimum atomic E-state index is -0.372. The standard InChI is InChI=1S/C21H15ClFNO2/c22-19-3-1-2-4-21(19)26-18-11-9-17(10-12-18)24-14-13-20(25)15-5-7-16(23)8-6-15/h1-14,24H/b14-13+. The number of ether oxygens (including phenoxy) is 1. The molecular formula is C21H15ClFNO2. The van der Waals surface area contributed by atoms with E-state index in [2.05, 4.69) is 5.32 Å². The zero-order valence-electron chi connectivity index (χ0n) is 13.7. The van der Waals surface area contributed by atoms with Crippen LogP contribution in [0.3, 0.4) is 0 Å². The highest BCUT2D eigenvalue weighted by atomic mass is 35.5. The maximum atomic E-state index is 12.9. The van der Waals surface area contributed by atoms with Gasteiger partial charge in [-0.3, -0.25) is 4.79 Å². The molecule has 26 heavy (non-hydrogen) atoms. The van der Waals surface area contributed by atoms with Crippen molar-refractivity contribution in [2.75, 3.05) is 5.32 Å². The predicted molar refractivity (Wildman–Crippen MR) is 101 cm³/mol. The Labute approximate surface area is 155 Å². The number of allylic oxidation sites excluding steroid dienone is 1. The maximum Gasteiger partial charge on any atom is 0.187 e. The number of anilines is 1. The van der Waals surface area contributed by atoms with E-state index in [9.17, 15) is 9.18 Å². The van der Waals surface area contributed by atoms with Crippen molar-refractivity contribution >= 4 is 23.1 Å². The van der Waals surface area contributed by atoms with E-state index in [0.717, 1.165) is 5.69 Å². The van der Waals surface area contributed by atoms with Gasteiger partial charge in [0.25, 0.3) is 0 Å². The van der Waals surface area contributed by atoms with E-state index < -0.39 is 0 Å². The van der Waals surface area contributed by atoms with Gasteiger partial charge in [-0.05, 0) is 60.7 Å². The molecule has 1 N–H and O–H groups in total. The van der Waals surface area contributed by atoms with Gasteiger partial charge in [0.15, 0.2) is 5.78 Å². The van der Waals surface area contributed by atoms with Crippen LogP contribution >= 0.6 is 11.6 Å². The van der Waals surface area contributed by atoms with Crippen LogP contribution in [0, 0.1) is 5.82 Å². The van der Waals surface area contributed by atoms with E-state index >= 15 is 0 Å². The Hall–Kier alpha value is -3.11. The first-order valence-electron chi connectivity index (χ1n) is 7.87. The summed E-state index contributed by atoms with van der Waals surface area (Å²) in [7, 11) is 0. The fraction of sp³-hybridized carbons (Fsp3) is 0. The fourth-order valence-corrected chi connectivity index (χ4v) is 2.37. The van der Waals surface area contributed by atoms with Gasteiger partial charge in [-0.2, -0.15) is 0 Å². The molecule has 0 aliphatic rings. The van der Waals surface area contributed by atoms with Gasteiger partial charge in [0.1, 0.15) is 17.3 Å². The fourth-order valence-electron chi connectivity index (χ4n) is 2.20. The third-order valence-corrected chi connectivity index (χ3v) is 3.84. The summed E-state index contributed by atoms with van der Waals surface area (Å²) in [6, 6.07) is 19.9. The van der Waals surface area contributed by atoms with Crippen LogP contribution in [0.15, 0.2) is 85.1 Å². The predicted octanol–water partition coefficient (Wildman–Crippen LogP) is 6.08. The van der Waals surface area contributed by atoms with Crippen LogP contribution in [0.2, 0.25) is 5.02 Å². The largest absolute Gasteiger partial charge is 0.456 e. The molecule has 0 amide bonds. The second-order valence-corrected chi connectivity index (χ2v) is 5.81. The van der Waals surface area contributed by atoms with Gasteiger partial charge in [0, 0.05) is 23.5 Å². The topological polar surface area (TPSA) is 38.3 Å². The number of halogens is 2. The molecule has 0 fully saturated rings. The second-order valence-electron chi connectivity index (χ2n) is 5.41. The van der Waals surface area contributed by atoms with Crippen LogP contribution in [0.25, 0.3) is 0 Å². The molecule has 0 bridgehead atoms. The summed E-state index contributed by atoms with van der Waals surface area (Å²) in [4.78, 5) is 12.0. The van der Waals surface area contributed by atoms with Crippen LogP contribution in [-0.4, -0.2) is 5.78 Å². The lowest BCUT2D eigenvalue weighted by Gasteiger charge is -2.08. The lowest BCUT2D eigenvalue weighted by molar-refractivity contribution is 0.104. The van der Waals surface area contributed by atoms with E-state index in [4.69, 9.17) is 16.3 Å². The van der Waals surface area contributed by atoms with E-state index in [1.807, 2.05) is 24.3 Å². The molecule has 3 rings (SSSR count). The van der Waals surface area contributed by atoms with Crippen molar-refractivity contribution in [2.24, 2.45) is 0 Å². The van der Waals surface area contributed by atoms with Gasteiger partial charge in [-0.1, -0.05) is 23.7 Å². The number of nitrogens with one attached hydrogen (secondary N) is 1. The number of benzene rings is 3. The van der Waals surface area contributed by atoms with Crippen molar-refractivity contribution in [3.05, 3.63) is 101 Å². The third-order valence-electron chi connectivity index (χ3n) is 3.53. The first-order chi connectivity index (χ1) is 12.6. The molecule has 0 radical (unpaired) electrons. The Morgan fingerprint density at radius 2 is 1.65 bits per heavy atom. The molecule has 5 heteroatoms. The van der Waals surface area contributed by atoms with Crippen LogP contribution in [0.1, 0.15) is 10.4 Å². The number of para-hydroxylation sites is 1. The Kier molecular flexibility index (Phi) is 5.66. The van der Waals surface area contributed by atoms with Crippen LogP contribution in [0.5, 0.6) is 11.5 Å². The van der Waals surface area contributed by atoms with Gasteiger partial charge in [-0.15, -0.1) is 0 Å². The summed E-state index contributed by atoms with van der Waals surface area (Å²) in [5, 5.41) is 3.54. The van der Waals surface area contributed by atoms with Crippen LogP contribution in [-0.2, 0) is 0 Å². The Balaban J connectivity index is 1.58. The van der Waals surface area contributed by atoms with Crippen molar-refractivity contribution < 1.29 is 13.9 Å². The summed E-state index contributed by atoms with van der Waals surface area (Å²) in [5.41, 5.74) is 1.22. The van der Waals surface area contributed by atoms with Crippen molar-refractivity contribution in [1.82, 2.24) is 0 Å². The molecule has 3 aromatic carbocycles. The Bertz CT molecular complexity index is 922. The molecule has 0 unspecified atom stereocenters. The molecule has 0 aromatic heterocycles. The summed E-state index contributed by atoms with van der Waals surface area (Å²) >= 11 is 6.06. The van der Waals surface area contributed by atoms with E-state index in [0.29, 0.717) is 22.1 Å². The lowest BCUT2D eigenvalue weighted by Crippen LogP contribution is -1.96. The smallest absolute Gasteiger partial charge is 0.187 e. The van der Waals surface area contributed by atoms with Gasteiger partial charge in [0.2, 0.25) is 0 Å². The average molecular weight is 368 g/mol. The van der Waals surface area contributed by atoms with Gasteiger partial charge >= 0.3 is 0 Å². The summed E-state index contributed by atoms with van der Waals surface area (Å²) < 4.78 is 18.6. The molecular weight excluding hydrogens is 353 g/mol. The molecule has 0 aliphatic carbocycles. The Morgan fingerprint density at radius 3 is 2.35 bits per heavy atom. The van der Waals surface area contributed by atoms with Gasteiger partial charge < -0.3 is 10.1 Å². The third kappa shape index (κ3) is 4.71. The molecule has 3 nitrogen and oxygen atoms in total. The van der Waals surface area contributed by atoms with Crippen molar-refractivity contribution in [1.29, 1.82) is 0 Å². The highest BCUT2D eigenvalue weighted by Gasteiger charge is 2.03. The second kappa shape index (κ2) is 8.32. The number of ketones is 1. The Morgan fingerprint density at radius 1 is 0.962 bits per heavy atom. The number of hydrogen-bond acceptors (Lipinski definition) is 3. The molecule has 3 aromatic rings. The van der Waals surface area contributed by atoms with Gasteiger partial charge in [-0.25, -0.2) is 4.39 Å². The zero-order chi connectivity index (χ0) is 18.4. The minimum absolute atomic E-state index is 0.212. The molecule has 0 atom stereocenters. The number of carbonyl (C=O) groups is 1. The number of rotatable bonds is 6. The van der Waals surface area contributed by atoms with E-state index in [1.165, 1.54) is 36.5 Å². The summed E-state index contributed by atoms with van der Waals surface area (Å²) in [6.07, 6.45) is 2.93. The van der Waals surface area contributed by atoms with E-state index in [-0.39, 0.29) is 11.6 Å².